The number of hydrogen-bond acceptors (Lipinski definition) is 5. The highest BCUT2D eigenvalue weighted by atomic mass is 32.2. The van der Waals surface area contributed by atoms with Crippen LogP contribution in [-0.2, 0) is 28.7 Å². The van der Waals surface area contributed by atoms with Gasteiger partial charge in [-0.05, 0) is 38.9 Å². The monoisotopic (exact) mass is 423 g/mol. The van der Waals surface area contributed by atoms with Gasteiger partial charge in [0.1, 0.15) is 0 Å². The van der Waals surface area contributed by atoms with Crippen molar-refractivity contribution in [2.75, 3.05) is 20.1 Å². The van der Waals surface area contributed by atoms with Crippen LogP contribution in [0.25, 0.3) is 0 Å². The third-order valence-corrected chi connectivity index (χ3v) is 6.63. The summed E-state index contributed by atoms with van der Waals surface area (Å²) in [4.78, 5) is 10.4. The molecule has 1 heterocycles. The number of hydrogen-bond donors (Lipinski definition) is 3. The Morgan fingerprint density at radius 2 is 1.82 bits per heavy atom. The van der Waals surface area contributed by atoms with Crippen LogP contribution in [0.5, 0.6) is 0 Å². The zero-order chi connectivity index (χ0) is 20.6. The second kappa shape index (κ2) is 10.5. The van der Waals surface area contributed by atoms with E-state index in [0.29, 0.717) is 6.54 Å². The van der Waals surface area contributed by atoms with Gasteiger partial charge < -0.3 is 10.6 Å². The number of sulfonamides is 1. The maximum atomic E-state index is 11.6. The Balaban J connectivity index is 1.90. The van der Waals surface area contributed by atoms with Gasteiger partial charge in [-0.25, -0.2) is 23.1 Å². The molecule has 2 aromatic rings. The first-order valence-electron chi connectivity index (χ1n) is 9.27. The van der Waals surface area contributed by atoms with Crippen LogP contribution in [0.4, 0.5) is 0 Å². The highest BCUT2D eigenvalue weighted by molar-refractivity contribution is 7.88. The van der Waals surface area contributed by atoms with E-state index in [9.17, 15) is 8.42 Å². The first-order chi connectivity index (χ1) is 13.3. The van der Waals surface area contributed by atoms with Crippen LogP contribution in [0.2, 0.25) is 0 Å². The van der Waals surface area contributed by atoms with Crippen LogP contribution in [0.15, 0.2) is 29.3 Å². The molecule has 3 N–H and O–H groups in total. The number of rotatable bonds is 9. The lowest BCUT2D eigenvalue weighted by molar-refractivity contribution is 0.587. The lowest BCUT2D eigenvalue weighted by Gasteiger charge is -2.11. The van der Waals surface area contributed by atoms with Gasteiger partial charge in [-0.1, -0.05) is 24.3 Å². The molecule has 0 spiro atoms. The molecule has 0 unspecified atom stereocenters. The minimum absolute atomic E-state index is 0.0209. The van der Waals surface area contributed by atoms with Crippen molar-refractivity contribution < 1.29 is 8.42 Å². The second-order valence-electron chi connectivity index (χ2n) is 6.40. The fourth-order valence-corrected chi connectivity index (χ4v) is 4.19. The third-order valence-electron chi connectivity index (χ3n) is 4.16. The minimum atomic E-state index is -3.25. The first-order valence-corrected chi connectivity index (χ1v) is 11.7. The lowest BCUT2D eigenvalue weighted by Crippen LogP contribution is -2.38. The number of nitrogens with zero attached hydrogens (tertiary/aromatic N) is 2. The van der Waals surface area contributed by atoms with Crippen LogP contribution < -0.4 is 15.4 Å². The second-order valence-corrected chi connectivity index (χ2v) is 9.62. The van der Waals surface area contributed by atoms with E-state index in [1.165, 1.54) is 11.9 Å². The molecular formula is C19H29N5O2S2. The number of aryl methyl sites for hydroxylation is 2. The normalized spacial score (nSPS) is 12.2. The van der Waals surface area contributed by atoms with E-state index < -0.39 is 10.0 Å². The summed E-state index contributed by atoms with van der Waals surface area (Å²) in [5.74, 6) is 0.738. The maximum absolute atomic E-state index is 11.6. The summed E-state index contributed by atoms with van der Waals surface area (Å²) in [6.07, 6.45) is 0.860. The van der Waals surface area contributed by atoms with E-state index in [4.69, 9.17) is 0 Å². The lowest BCUT2D eigenvalue weighted by atomic mass is 10.1. The Kier molecular flexibility index (Phi) is 8.40. The third kappa shape index (κ3) is 7.21. The molecule has 154 valence electrons. The summed E-state index contributed by atoms with van der Waals surface area (Å²) < 4.78 is 25.5. The molecule has 0 bridgehead atoms. The molecule has 2 rings (SSSR count). The molecule has 0 amide bonds. The predicted octanol–water partition coefficient (Wildman–Crippen LogP) is 2.11. The fraction of sp³-hybridized carbons (Fsp3) is 0.474. The van der Waals surface area contributed by atoms with Crippen molar-refractivity contribution in [3.8, 4) is 0 Å². The van der Waals surface area contributed by atoms with Crippen molar-refractivity contribution in [1.29, 1.82) is 0 Å². The van der Waals surface area contributed by atoms with E-state index in [-0.39, 0.29) is 5.75 Å². The van der Waals surface area contributed by atoms with E-state index in [0.717, 1.165) is 47.3 Å². The van der Waals surface area contributed by atoms with E-state index in [2.05, 4.69) is 32.3 Å². The van der Waals surface area contributed by atoms with Gasteiger partial charge in [-0.3, -0.25) is 0 Å². The molecule has 0 radical (unpaired) electrons. The van der Waals surface area contributed by atoms with Crippen molar-refractivity contribution in [3.05, 3.63) is 51.0 Å². The molecule has 0 aliphatic carbocycles. The summed E-state index contributed by atoms with van der Waals surface area (Å²) in [5, 5.41) is 7.71. The van der Waals surface area contributed by atoms with E-state index in [1.54, 1.807) is 11.3 Å². The maximum Gasteiger partial charge on any atom is 0.215 e. The average Bonchev–Trinajstić information content (AvgIpc) is 2.98. The van der Waals surface area contributed by atoms with Gasteiger partial charge >= 0.3 is 0 Å². The van der Waals surface area contributed by atoms with Crippen LogP contribution in [0.1, 0.15) is 33.6 Å². The summed E-state index contributed by atoms with van der Waals surface area (Å²) in [7, 11) is -1.83. The highest BCUT2D eigenvalue weighted by Gasteiger charge is 2.08. The van der Waals surface area contributed by atoms with Crippen molar-refractivity contribution in [2.24, 2.45) is 4.99 Å². The molecule has 0 saturated carbocycles. The zero-order valence-electron chi connectivity index (χ0n) is 16.9. The number of aliphatic imine (C=N–C) groups is 1. The molecule has 1 aromatic carbocycles. The summed E-state index contributed by atoms with van der Waals surface area (Å²) in [5.41, 5.74) is 2.88. The molecule has 1 aromatic heterocycles. The molecule has 0 saturated heterocycles. The number of thiazole rings is 1. The Morgan fingerprint density at radius 3 is 2.39 bits per heavy atom. The van der Waals surface area contributed by atoms with Gasteiger partial charge in [0.2, 0.25) is 10.0 Å². The molecule has 28 heavy (non-hydrogen) atoms. The highest BCUT2D eigenvalue weighted by Crippen LogP contribution is 2.16. The number of benzene rings is 1. The molecule has 0 aliphatic rings. The number of aromatic nitrogens is 1. The zero-order valence-corrected chi connectivity index (χ0v) is 18.5. The largest absolute Gasteiger partial charge is 0.357 e. The summed E-state index contributed by atoms with van der Waals surface area (Å²) in [6.45, 7) is 8.22. The Labute approximate surface area is 171 Å². The average molecular weight is 424 g/mol. The molecule has 0 fully saturated rings. The van der Waals surface area contributed by atoms with Crippen LogP contribution >= 0.6 is 11.3 Å². The minimum Gasteiger partial charge on any atom is -0.357 e. The Morgan fingerprint density at radius 1 is 1.14 bits per heavy atom. The fourth-order valence-electron chi connectivity index (χ4n) is 2.48. The van der Waals surface area contributed by atoms with E-state index >= 15 is 0 Å². The van der Waals surface area contributed by atoms with Gasteiger partial charge in [0.05, 0.1) is 23.0 Å². The Hall–Kier alpha value is -1.97. The van der Waals surface area contributed by atoms with Crippen molar-refractivity contribution >= 4 is 27.3 Å². The van der Waals surface area contributed by atoms with Crippen LogP contribution in [0, 0.1) is 13.8 Å². The smallest absolute Gasteiger partial charge is 0.215 e. The van der Waals surface area contributed by atoms with Gasteiger partial charge in [-0.2, -0.15) is 0 Å². The van der Waals surface area contributed by atoms with Gasteiger partial charge in [0.25, 0.3) is 0 Å². The SMILES string of the molecule is CCNC(=NCc1ccc(CS(=O)(=O)NC)cc1)NCCc1nc(C)c(C)s1. The predicted molar refractivity (Wildman–Crippen MR) is 116 cm³/mol. The molecular weight excluding hydrogens is 394 g/mol. The standard InChI is InChI=1S/C19H29N5O2S2/c1-5-21-19(22-11-10-18-24-14(2)15(3)27-18)23-12-16-6-8-17(9-7-16)13-28(25,26)20-4/h6-9,20H,5,10-13H2,1-4H3,(H2,21,22,23). The summed E-state index contributed by atoms with van der Waals surface area (Å²) in [6, 6.07) is 7.48. The molecule has 9 heteroatoms. The molecule has 0 atom stereocenters. The number of guanidine groups is 1. The van der Waals surface area contributed by atoms with Gasteiger partial charge in [-0.15, -0.1) is 11.3 Å². The topological polar surface area (TPSA) is 95.5 Å². The van der Waals surface area contributed by atoms with Crippen molar-refractivity contribution in [1.82, 2.24) is 20.3 Å². The molecule has 7 nitrogen and oxygen atoms in total. The quantitative estimate of drug-likeness (QED) is 0.424. The van der Waals surface area contributed by atoms with E-state index in [1.807, 2.05) is 38.1 Å². The van der Waals surface area contributed by atoms with Crippen molar-refractivity contribution in [3.63, 3.8) is 0 Å². The first kappa shape index (κ1) is 22.3. The van der Waals surface area contributed by atoms with Gasteiger partial charge in [0, 0.05) is 24.4 Å². The van der Waals surface area contributed by atoms with Crippen molar-refractivity contribution in [2.45, 2.75) is 39.5 Å². The summed E-state index contributed by atoms with van der Waals surface area (Å²) >= 11 is 1.74. The molecule has 0 aliphatic heterocycles. The Bertz CT molecular complexity index is 870. The number of nitrogens with one attached hydrogen (secondary N) is 3. The van der Waals surface area contributed by atoms with Crippen LogP contribution in [-0.4, -0.2) is 39.5 Å². The van der Waals surface area contributed by atoms with Crippen LogP contribution in [0.3, 0.4) is 0 Å². The van der Waals surface area contributed by atoms with Gasteiger partial charge in [0.15, 0.2) is 5.96 Å².